The Morgan fingerprint density at radius 1 is 0.900 bits per heavy atom. The van der Waals surface area contributed by atoms with Gasteiger partial charge in [0.15, 0.2) is 17.8 Å². The molecular weight excluding hydrogens is 402 g/mol. The number of nitrogens with zero attached hydrogens (tertiary/aromatic N) is 1. The first kappa shape index (κ1) is 22.2. The number of thioether (sulfide) groups is 1. The molecule has 0 saturated heterocycles. The molecule has 0 bridgehead atoms. The molecule has 0 unspecified atom stereocenters. The van der Waals surface area contributed by atoms with Crippen molar-refractivity contribution >= 4 is 23.2 Å². The number of benzene rings is 2. The highest BCUT2D eigenvalue weighted by molar-refractivity contribution is 8.03. The highest BCUT2D eigenvalue weighted by Gasteiger charge is 2.23. The molecule has 0 spiro atoms. The van der Waals surface area contributed by atoms with E-state index in [0.717, 1.165) is 26.8 Å². The summed E-state index contributed by atoms with van der Waals surface area (Å²) >= 11 is 1.60. The standard InChI is InChI=1S/C23H27NO5S/c1-6-28-23(29-7-2)21-14-17(24-16-10-8-9-11-20(16)30-21)15-12-18(25-3)22(27-5)19(13-15)26-4/h8-14,23H,6-7H2,1-5H3. The van der Waals surface area contributed by atoms with Gasteiger partial charge in [-0.25, -0.2) is 4.99 Å². The van der Waals surface area contributed by atoms with E-state index < -0.39 is 6.29 Å². The van der Waals surface area contributed by atoms with Crippen LogP contribution in [0.4, 0.5) is 5.69 Å². The van der Waals surface area contributed by atoms with Gasteiger partial charge in [0.05, 0.1) is 32.7 Å². The van der Waals surface area contributed by atoms with Gasteiger partial charge >= 0.3 is 0 Å². The van der Waals surface area contributed by atoms with E-state index >= 15 is 0 Å². The zero-order chi connectivity index (χ0) is 21.5. The monoisotopic (exact) mass is 429 g/mol. The molecule has 2 aromatic rings. The summed E-state index contributed by atoms with van der Waals surface area (Å²) in [6, 6.07) is 11.8. The van der Waals surface area contributed by atoms with E-state index in [-0.39, 0.29) is 0 Å². The summed E-state index contributed by atoms with van der Waals surface area (Å²) < 4.78 is 28.2. The van der Waals surface area contributed by atoms with Gasteiger partial charge in [0.2, 0.25) is 5.75 Å². The van der Waals surface area contributed by atoms with Crippen LogP contribution in [0, 0.1) is 0 Å². The Labute approximate surface area is 181 Å². The van der Waals surface area contributed by atoms with E-state index in [1.807, 2.05) is 56.3 Å². The number of para-hydroxylation sites is 1. The van der Waals surface area contributed by atoms with E-state index in [1.165, 1.54) is 0 Å². The first-order valence-corrected chi connectivity index (χ1v) is 10.6. The quantitative estimate of drug-likeness (QED) is 0.509. The molecule has 1 heterocycles. The number of aliphatic imine (C=N–C) groups is 1. The molecule has 0 radical (unpaired) electrons. The summed E-state index contributed by atoms with van der Waals surface area (Å²) in [6.45, 7) is 4.99. The van der Waals surface area contributed by atoms with Crippen molar-refractivity contribution in [3.8, 4) is 17.2 Å². The molecule has 6 nitrogen and oxygen atoms in total. The third-order valence-corrected chi connectivity index (χ3v) is 5.55. The second-order valence-electron chi connectivity index (χ2n) is 6.27. The van der Waals surface area contributed by atoms with Gasteiger partial charge in [-0.1, -0.05) is 23.9 Å². The van der Waals surface area contributed by atoms with Crippen molar-refractivity contribution in [2.24, 2.45) is 4.99 Å². The Morgan fingerprint density at radius 2 is 1.53 bits per heavy atom. The zero-order valence-electron chi connectivity index (χ0n) is 17.9. The molecule has 1 aliphatic rings. The molecule has 0 aromatic heterocycles. The van der Waals surface area contributed by atoms with Crippen LogP contribution in [0.2, 0.25) is 0 Å². The maximum Gasteiger partial charge on any atom is 0.203 e. The SMILES string of the molecule is CCOC(OCC)C1=CC(c2cc(OC)c(OC)c(OC)c2)=Nc2ccccc2S1. The van der Waals surface area contributed by atoms with Crippen LogP contribution in [0.3, 0.4) is 0 Å². The molecule has 0 N–H and O–H groups in total. The largest absolute Gasteiger partial charge is 0.493 e. The van der Waals surface area contributed by atoms with Crippen molar-refractivity contribution in [2.45, 2.75) is 25.0 Å². The van der Waals surface area contributed by atoms with Gasteiger partial charge in [0, 0.05) is 28.6 Å². The topological polar surface area (TPSA) is 58.5 Å². The van der Waals surface area contributed by atoms with Crippen LogP contribution in [-0.2, 0) is 9.47 Å². The second kappa shape index (κ2) is 10.5. The maximum atomic E-state index is 5.87. The first-order valence-electron chi connectivity index (χ1n) is 9.75. The lowest BCUT2D eigenvalue weighted by molar-refractivity contribution is -0.106. The minimum atomic E-state index is -0.469. The van der Waals surface area contributed by atoms with E-state index in [1.54, 1.807) is 33.1 Å². The predicted molar refractivity (Wildman–Crippen MR) is 120 cm³/mol. The molecule has 0 fully saturated rings. The van der Waals surface area contributed by atoms with Gasteiger partial charge in [-0.05, 0) is 44.2 Å². The maximum absolute atomic E-state index is 5.87. The lowest BCUT2D eigenvalue weighted by atomic mass is 10.1. The number of hydrogen-bond acceptors (Lipinski definition) is 7. The Morgan fingerprint density at radius 3 is 2.10 bits per heavy atom. The van der Waals surface area contributed by atoms with Crippen LogP contribution >= 0.6 is 11.8 Å². The third kappa shape index (κ3) is 4.80. The third-order valence-electron chi connectivity index (χ3n) is 4.44. The molecule has 30 heavy (non-hydrogen) atoms. The second-order valence-corrected chi connectivity index (χ2v) is 7.39. The molecule has 7 heteroatoms. The number of fused-ring (bicyclic) bond motifs is 1. The first-order chi connectivity index (χ1) is 14.6. The van der Waals surface area contributed by atoms with Gasteiger partial charge < -0.3 is 23.7 Å². The van der Waals surface area contributed by atoms with Gasteiger partial charge in [-0.3, -0.25) is 0 Å². The van der Waals surface area contributed by atoms with E-state index in [0.29, 0.717) is 30.5 Å². The van der Waals surface area contributed by atoms with Crippen molar-refractivity contribution < 1.29 is 23.7 Å². The van der Waals surface area contributed by atoms with Crippen LogP contribution < -0.4 is 14.2 Å². The Hall–Kier alpha value is -2.48. The van der Waals surface area contributed by atoms with Crippen LogP contribution in [0.25, 0.3) is 0 Å². The average molecular weight is 430 g/mol. The number of allylic oxidation sites excluding steroid dienone is 1. The van der Waals surface area contributed by atoms with Crippen molar-refractivity contribution in [1.29, 1.82) is 0 Å². The number of rotatable bonds is 9. The molecule has 0 amide bonds. The number of methoxy groups -OCH3 is 3. The van der Waals surface area contributed by atoms with Crippen LogP contribution in [-0.4, -0.2) is 46.5 Å². The molecule has 0 saturated carbocycles. The fourth-order valence-corrected chi connectivity index (χ4v) is 4.12. The van der Waals surface area contributed by atoms with Crippen LogP contribution in [0.5, 0.6) is 17.2 Å². The minimum Gasteiger partial charge on any atom is -0.493 e. The zero-order valence-corrected chi connectivity index (χ0v) is 18.7. The van der Waals surface area contributed by atoms with Crippen molar-refractivity contribution in [2.75, 3.05) is 34.5 Å². The Balaban J connectivity index is 2.17. The number of ether oxygens (including phenoxy) is 5. The highest BCUT2D eigenvalue weighted by Crippen LogP contribution is 2.42. The van der Waals surface area contributed by atoms with E-state index in [2.05, 4.69) is 0 Å². The molecule has 1 aliphatic heterocycles. The normalized spacial score (nSPS) is 13.3. The fourth-order valence-electron chi connectivity index (χ4n) is 3.10. The van der Waals surface area contributed by atoms with E-state index in [4.69, 9.17) is 28.7 Å². The van der Waals surface area contributed by atoms with Crippen molar-refractivity contribution in [3.05, 3.63) is 52.9 Å². The number of hydrogen-bond donors (Lipinski definition) is 0. The van der Waals surface area contributed by atoms with Gasteiger partial charge in [0.1, 0.15) is 0 Å². The molecule has 2 aromatic carbocycles. The van der Waals surface area contributed by atoms with Crippen LogP contribution in [0.1, 0.15) is 19.4 Å². The molecule has 0 aliphatic carbocycles. The van der Waals surface area contributed by atoms with Crippen molar-refractivity contribution in [1.82, 2.24) is 0 Å². The van der Waals surface area contributed by atoms with Crippen molar-refractivity contribution in [3.63, 3.8) is 0 Å². The fraction of sp³-hybridized carbons (Fsp3) is 0.348. The minimum absolute atomic E-state index is 0.469. The summed E-state index contributed by atoms with van der Waals surface area (Å²) in [5, 5.41) is 0. The highest BCUT2D eigenvalue weighted by atomic mass is 32.2. The molecular formula is C23H27NO5S. The molecule has 0 atom stereocenters. The summed E-state index contributed by atoms with van der Waals surface area (Å²) in [5.74, 6) is 1.68. The molecule has 160 valence electrons. The molecule has 3 rings (SSSR count). The summed E-state index contributed by atoms with van der Waals surface area (Å²) in [4.78, 5) is 6.89. The lowest BCUT2D eigenvalue weighted by Crippen LogP contribution is -2.19. The van der Waals surface area contributed by atoms with Crippen LogP contribution in [0.15, 0.2) is 57.3 Å². The van der Waals surface area contributed by atoms with Gasteiger partial charge in [-0.2, -0.15) is 0 Å². The average Bonchev–Trinajstić information content (AvgIpc) is 2.97. The van der Waals surface area contributed by atoms with Gasteiger partial charge in [-0.15, -0.1) is 0 Å². The lowest BCUT2D eigenvalue weighted by Gasteiger charge is -2.19. The Kier molecular flexibility index (Phi) is 7.79. The Bertz CT molecular complexity index is 910. The smallest absolute Gasteiger partial charge is 0.203 e. The summed E-state index contributed by atoms with van der Waals surface area (Å²) in [7, 11) is 4.79. The predicted octanol–water partition coefficient (Wildman–Crippen LogP) is 5.22. The van der Waals surface area contributed by atoms with E-state index in [9.17, 15) is 0 Å². The van der Waals surface area contributed by atoms with Gasteiger partial charge in [0.25, 0.3) is 0 Å². The summed E-state index contributed by atoms with van der Waals surface area (Å²) in [5.41, 5.74) is 2.47. The summed E-state index contributed by atoms with van der Waals surface area (Å²) in [6.07, 6.45) is 1.53.